The maximum Gasteiger partial charge on any atom is 0.271 e. The second kappa shape index (κ2) is 6.87. The zero-order valence-corrected chi connectivity index (χ0v) is 12.4. The molecule has 0 saturated carbocycles. The van der Waals surface area contributed by atoms with Crippen LogP contribution in [0, 0.1) is 16.0 Å². The minimum Gasteiger partial charge on any atom is -0.338 e. The molecule has 1 aromatic carbocycles. The molecule has 1 atom stereocenters. The Morgan fingerprint density at radius 2 is 2.24 bits per heavy atom. The zero-order chi connectivity index (χ0) is 15.4. The van der Waals surface area contributed by atoms with Gasteiger partial charge >= 0.3 is 0 Å². The first kappa shape index (κ1) is 15.7. The number of nitro groups is 1. The average molecular weight is 312 g/mol. The lowest BCUT2D eigenvalue weighted by Gasteiger charge is -2.32. The molecule has 1 heterocycles. The quantitative estimate of drug-likeness (QED) is 0.683. The number of amides is 1. The fraction of sp³-hybridized carbons (Fsp3) is 0.500. The van der Waals surface area contributed by atoms with Gasteiger partial charge in [0.1, 0.15) is 0 Å². The summed E-state index contributed by atoms with van der Waals surface area (Å²) in [6.45, 7) is 1.92. The number of nitro benzene ring substituents is 1. The van der Waals surface area contributed by atoms with Gasteiger partial charge in [0.15, 0.2) is 0 Å². The highest BCUT2D eigenvalue weighted by molar-refractivity contribution is 6.31. The topological polar surface area (TPSA) is 89.5 Å². The van der Waals surface area contributed by atoms with Crippen LogP contribution in [0.15, 0.2) is 18.2 Å². The van der Waals surface area contributed by atoms with Crippen molar-refractivity contribution in [3.63, 3.8) is 0 Å². The number of nitrogens with two attached hydrogens (primary N) is 1. The number of piperidine rings is 1. The monoisotopic (exact) mass is 311 g/mol. The predicted octanol–water partition coefficient (Wildman–Crippen LogP) is 2.45. The van der Waals surface area contributed by atoms with Gasteiger partial charge in [-0.2, -0.15) is 0 Å². The van der Waals surface area contributed by atoms with Crippen molar-refractivity contribution in [3.8, 4) is 0 Å². The van der Waals surface area contributed by atoms with E-state index in [1.54, 1.807) is 4.90 Å². The maximum atomic E-state index is 12.5. The molecule has 1 fully saturated rings. The Bertz CT molecular complexity index is 548. The first-order valence-corrected chi connectivity index (χ1v) is 7.33. The Kier molecular flexibility index (Phi) is 5.14. The van der Waals surface area contributed by atoms with Gasteiger partial charge in [-0.15, -0.1) is 0 Å². The Labute approximate surface area is 128 Å². The Morgan fingerprint density at radius 1 is 1.48 bits per heavy atom. The van der Waals surface area contributed by atoms with Gasteiger partial charge < -0.3 is 10.6 Å². The van der Waals surface area contributed by atoms with E-state index in [2.05, 4.69) is 0 Å². The minimum atomic E-state index is -0.546. The van der Waals surface area contributed by atoms with E-state index in [0.717, 1.165) is 19.3 Å². The number of halogens is 1. The van der Waals surface area contributed by atoms with Gasteiger partial charge in [-0.1, -0.05) is 11.6 Å². The summed E-state index contributed by atoms with van der Waals surface area (Å²) in [5.74, 6) is 0.198. The van der Waals surface area contributed by atoms with E-state index in [4.69, 9.17) is 17.3 Å². The Hall–Kier alpha value is -1.66. The van der Waals surface area contributed by atoms with Gasteiger partial charge in [0.25, 0.3) is 11.6 Å². The van der Waals surface area contributed by atoms with Crippen LogP contribution in [0.5, 0.6) is 0 Å². The minimum absolute atomic E-state index is 0.165. The summed E-state index contributed by atoms with van der Waals surface area (Å²) >= 11 is 5.86. The van der Waals surface area contributed by atoms with Crippen LogP contribution >= 0.6 is 11.6 Å². The molecule has 21 heavy (non-hydrogen) atoms. The molecule has 7 heteroatoms. The number of carbonyl (C=O) groups is 1. The molecule has 6 nitrogen and oxygen atoms in total. The van der Waals surface area contributed by atoms with Crippen LogP contribution < -0.4 is 5.73 Å². The number of non-ortho nitro benzene ring substituents is 1. The average Bonchev–Trinajstić information content (AvgIpc) is 2.46. The smallest absolute Gasteiger partial charge is 0.271 e. The normalized spacial score (nSPS) is 18.6. The van der Waals surface area contributed by atoms with Crippen LogP contribution in [0.3, 0.4) is 0 Å². The number of hydrogen-bond acceptors (Lipinski definition) is 4. The summed E-state index contributed by atoms with van der Waals surface area (Å²) in [6.07, 6.45) is 2.88. The van der Waals surface area contributed by atoms with Crippen molar-refractivity contribution >= 4 is 23.2 Å². The summed E-state index contributed by atoms with van der Waals surface area (Å²) in [5.41, 5.74) is 5.67. The highest BCUT2D eigenvalue weighted by atomic mass is 35.5. The SMILES string of the molecule is NCCC1CCCN(C(=O)c2cc(Cl)cc([N+](=O)[O-])c2)C1. The maximum absolute atomic E-state index is 12.5. The van der Waals surface area contributed by atoms with Gasteiger partial charge in [0, 0.05) is 35.8 Å². The molecular formula is C14H18ClN3O3. The van der Waals surface area contributed by atoms with Crippen LogP contribution in [0.4, 0.5) is 5.69 Å². The van der Waals surface area contributed by atoms with E-state index in [0.29, 0.717) is 25.6 Å². The van der Waals surface area contributed by atoms with Crippen molar-refractivity contribution < 1.29 is 9.72 Å². The van der Waals surface area contributed by atoms with Crippen LogP contribution in [-0.4, -0.2) is 35.4 Å². The molecule has 2 rings (SSSR count). The first-order chi connectivity index (χ1) is 10.0. The van der Waals surface area contributed by atoms with Crippen molar-refractivity contribution in [2.75, 3.05) is 19.6 Å². The lowest BCUT2D eigenvalue weighted by Crippen LogP contribution is -2.40. The summed E-state index contributed by atoms with van der Waals surface area (Å²) in [4.78, 5) is 24.5. The molecule has 1 saturated heterocycles. The molecule has 0 aliphatic carbocycles. The van der Waals surface area contributed by atoms with E-state index < -0.39 is 4.92 Å². The molecule has 1 aromatic rings. The molecule has 2 N–H and O–H groups in total. The van der Waals surface area contributed by atoms with Crippen molar-refractivity contribution in [1.82, 2.24) is 4.90 Å². The van der Waals surface area contributed by atoms with E-state index in [1.807, 2.05) is 0 Å². The largest absolute Gasteiger partial charge is 0.338 e. The molecule has 0 aromatic heterocycles. The second-order valence-corrected chi connectivity index (χ2v) is 5.73. The third kappa shape index (κ3) is 3.92. The third-order valence-corrected chi connectivity index (χ3v) is 3.94. The molecule has 1 unspecified atom stereocenters. The van der Waals surface area contributed by atoms with E-state index in [9.17, 15) is 14.9 Å². The Morgan fingerprint density at radius 3 is 2.90 bits per heavy atom. The van der Waals surface area contributed by atoms with Gasteiger partial charge in [0.2, 0.25) is 0 Å². The highest BCUT2D eigenvalue weighted by Crippen LogP contribution is 2.25. The summed E-state index contributed by atoms with van der Waals surface area (Å²) < 4.78 is 0. The summed E-state index contributed by atoms with van der Waals surface area (Å²) in [6, 6.07) is 4.00. The van der Waals surface area contributed by atoms with Crippen molar-refractivity contribution in [3.05, 3.63) is 38.9 Å². The highest BCUT2D eigenvalue weighted by Gasteiger charge is 2.25. The summed E-state index contributed by atoms with van der Waals surface area (Å²) in [7, 11) is 0. The summed E-state index contributed by atoms with van der Waals surface area (Å²) in [5, 5.41) is 11.0. The van der Waals surface area contributed by atoms with Gasteiger partial charge in [0.05, 0.1) is 4.92 Å². The van der Waals surface area contributed by atoms with Crippen LogP contribution in [0.2, 0.25) is 5.02 Å². The standard InChI is InChI=1S/C14H18ClN3O3/c15-12-6-11(7-13(8-12)18(20)21)14(19)17-5-1-2-10(9-17)3-4-16/h6-8,10H,1-5,9,16H2. The van der Waals surface area contributed by atoms with Crippen molar-refractivity contribution in [1.29, 1.82) is 0 Å². The first-order valence-electron chi connectivity index (χ1n) is 6.95. The van der Waals surface area contributed by atoms with Crippen LogP contribution in [-0.2, 0) is 0 Å². The molecule has 114 valence electrons. The van der Waals surface area contributed by atoms with E-state index >= 15 is 0 Å². The number of hydrogen-bond donors (Lipinski definition) is 1. The van der Waals surface area contributed by atoms with Gasteiger partial charge in [-0.25, -0.2) is 0 Å². The molecule has 1 aliphatic heterocycles. The number of benzene rings is 1. The van der Waals surface area contributed by atoms with Crippen LogP contribution in [0.25, 0.3) is 0 Å². The number of nitrogens with zero attached hydrogens (tertiary/aromatic N) is 2. The molecule has 0 spiro atoms. The second-order valence-electron chi connectivity index (χ2n) is 5.29. The Balaban J connectivity index is 2.17. The van der Waals surface area contributed by atoms with Crippen LogP contribution in [0.1, 0.15) is 29.6 Å². The van der Waals surface area contributed by atoms with Gasteiger partial charge in [-0.3, -0.25) is 14.9 Å². The number of likely N-dealkylation sites (tertiary alicyclic amines) is 1. The molecule has 1 aliphatic rings. The van der Waals surface area contributed by atoms with Crippen molar-refractivity contribution in [2.45, 2.75) is 19.3 Å². The fourth-order valence-electron chi connectivity index (χ4n) is 2.71. The van der Waals surface area contributed by atoms with Crippen molar-refractivity contribution in [2.24, 2.45) is 11.7 Å². The third-order valence-electron chi connectivity index (χ3n) is 3.72. The number of carbonyl (C=O) groups excluding carboxylic acids is 1. The number of rotatable bonds is 4. The molecule has 1 amide bonds. The molecular weight excluding hydrogens is 294 g/mol. The van der Waals surface area contributed by atoms with Gasteiger partial charge in [-0.05, 0) is 37.8 Å². The molecule has 0 bridgehead atoms. The fourth-order valence-corrected chi connectivity index (χ4v) is 2.94. The van der Waals surface area contributed by atoms with E-state index in [1.165, 1.54) is 18.2 Å². The molecule has 0 radical (unpaired) electrons. The lowest BCUT2D eigenvalue weighted by molar-refractivity contribution is -0.384. The zero-order valence-electron chi connectivity index (χ0n) is 11.6. The lowest BCUT2D eigenvalue weighted by atomic mass is 9.94. The predicted molar refractivity (Wildman–Crippen MR) is 80.4 cm³/mol. The van der Waals surface area contributed by atoms with E-state index in [-0.39, 0.29) is 22.2 Å².